The molecule has 1 fully saturated rings. The molecule has 0 aliphatic carbocycles. The van der Waals surface area contributed by atoms with Gasteiger partial charge in [-0.05, 0) is 19.8 Å². The molecule has 1 aliphatic heterocycles. The second-order valence-electron chi connectivity index (χ2n) is 3.97. The molecule has 1 aliphatic rings. The minimum absolute atomic E-state index is 0.212. The maximum Gasteiger partial charge on any atom is 0.308 e. The number of amides is 2. The predicted octanol–water partition coefficient (Wildman–Crippen LogP) is -0.911. The molecule has 7 heteroatoms. The van der Waals surface area contributed by atoms with Crippen LogP contribution in [0.3, 0.4) is 0 Å². The summed E-state index contributed by atoms with van der Waals surface area (Å²) in [5, 5.41) is 2.41. The van der Waals surface area contributed by atoms with Gasteiger partial charge in [-0.25, -0.2) is 0 Å². The van der Waals surface area contributed by atoms with E-state index in [4.69, 9.17) is 15.2 Å². The van der Waals surface area contributed by atoms with Crippen molar-refractivity contribution in [2.75, 3.05) is 13.2 Å². The molecule has 0 spiro atoms. The van der Waals surface area contributed by atoms with Crippen LogP contribution in [0.4, 0.5) is 0 Å². The Balaban J connectivity index is 2.49. The molecule has 2 atom stereocenters. The third-order valence-corrected chi connectivity index (χ3v) is 2.56. The Labute approximate surface area is 105 Å². The van der Waals surface area contributed by atoms with Gasteiger partial charge in [0, 0.05) is 6.61 Å². The second kappa shape index (κ2) is 6.95. The van der Waals surface area contributed by atoms with Gasteiger partial charge in [0.15, 0.2) is 0 Å². The van der Waals surface area contributed by atoms with Crippen LogP contribution in [0.5, 0.6) is 0 Å². The molecule has 0 aromatic carbocycles. The molecular weight excluding hydrogens is 240 g/mol. The van der Waals surface area contributed by atoms with Crippen LogP contribution in [-0.4, -0.2) is 43.1 Å². The summed E-state index contributed by atoms with van der Waals surface area (Å²) in [6.45, 7) is 2.39. The number of primary amides is 1. The van der Waals surface area contributed by atoms with E-state index < -0.39 is 29.9 Å². The maximum atomic E-state index is 11.7. The zero-order valence-electron chi connectivity index (χ0n) is 10.3. The number of carbonyl (C=O) groups excluding carboxylic acids is 3. The van der Waals surface area contributed by atoms with Gasteiger partial charge in [0.2, 0.25) is 11.8 Å². The van der Waals surface area contributed by atoms with Crippen LogP contribution in [0.25, 0.3) is 0 Å². The summed E-state index contributed by atoms with van der Waals surface area (Å²) in [7, 11) is 0. The average Bonchev–Trinajstić information content (AvgIpc) is 2.81. The van der Waals surface area contributed by atoms with Crippen LogP contribution in [0.2, 0.25) is 0 Å². The van der Waals surface area contributed by atoms with Gasteiger partial charge in [-0.3, -0.25) is 14.4 Å². The molecule has 0 bridgehead atoms. The molecule has 102 valence electrons. The Morgan fingerprint density at radius 1 is 1.50 bits per heavy atom. The van der Waals surface area contributed by atoms with Crippen molar-refractivity contribution in [2.45, 2.75) is 38.3 Å². The van der Waals surface area contributed by atoms with Crippen LogP contribution in [-0.2, 0) is 23.9 Å². The lowest BCUT2D eigenvalue weighted by molar-refractivity contribution is -0.145. The second-order valence-corrected chi connectivity index (χ2v) is 3.97. The van der Waals surface area contributed by atoms with Crippen LogP contribution in [0, 0.1) is 0 Å². The van der Waals surface area contributed by atoms with Crippen LogP contribution in [0.1, 0.15) is 26.2 Å². The van der Waals surface area contributed by atoms with E-state index in [1.165, 1.54) is 0 Å². The van der Waals surface area contributed by atoms with E-state index in [0.717, 1.165) is 6.42 Å². The van der Waals surface area contributed by atoms with Crippen molar-refractivity contribution in [1.82, 2.24) is 5.32 Å². The summed E-state index contributed by atoms with van der Waals surface area (Å²) in [6.07, 6.45) is 0.587. The Morgan fingerprint density at radius 2 is 2.22 bits per heavy atom. The minimum Gasteiger partial charge on any atom is -0.466 e. The van der Waals surface area contributed by atoms with Crippen molar-refractivity contribution >= 4 is 17.8 Å². The zero-order chi connectivity index (χ0) is 13.5. The van der Waals surface area contributed by atoms with Gasteiger partial charge >= 0.3 is 5.97 Å². The fraction of sp³-hybridized carbons (Fsp3) is 0.727. The standard InChI is InChI=1S/C11H18N2O5/c1-2-17-9(14)6-7(10(12)15)13-11(16)8-4-3-5-18-8/h7-8H,2-6H2,1H3,(H2,12,15)(H,13,16)/t7-,8-/m1/s1. The number of hydrogen-bond acceptors (Lipinski definition) is 5. The smallest absolute Gasteiger partial charge is 0.308 e. The van der Waals surface area contributed by atoms with Crippen molar-refractivity contribution < 1.29 is 23.9 Å². The molecule has 3 N–H and O–H groups in total. The van der Waals surface area contributed by atoms with Crippen molar-refractivity contribution in [2.24, 2.45) is 5.73 Å². The predicted molar refractivity (Wildman–Crippen MR) is 61.3 cm³/mol. The molecule has 0 saturated carbocycles. The number of nitrogens with two attached hydrogens (primary N) is 1. The summed E-state index contributed by atoms with van der Waals surface area (Å²) < 4.78 is 9.87. The summed E-state index contributed by atoms with van der Waals surface area (Å²) in [5.74, 6) is -1.76. The van der Waals surface area contributed by atoms with E-state index in [1.54, 1.807) is 6.92 Å². The van der Waals surface area contributed by atoms with Gasteiger partial charge in [0.05, 0.1) is 13.0 Å². The van der Waals surface area contributed by atoms with Crippen LogP contribution >= 0.6 is 0 Å². The summed E-state index contributed by atoms with van der Waals surface area (Å²) in [6, 6.07) is -1.05. The highest BCUT2D eigenvalue weighted by molar-refractivity contribution is 5.91. The third kappa shape index (κ3) is 4.33. The van der Waals surface area contributed by atoms with Crippen LogP contribution in [0.15, 0.2) is 0 Å². The number of ether oxygens (including phenoxy) is 2. The molecular formula is C11H18N2O5. The first-order valence-electron chi connectivity index (χ1n) is 5.91. The number of nitrogens with one attached hydrogen (secondary N) is 1. The topological polar surface area (TPSA) is 108 Å². The van der Waals surface area contributed by atoms with E-state index >= 15 is 0 Å². The fourth-order valence-corrected chi connectivity index (χ4v) is 1.66. The molecule has 1 heterocycles. The van der Waals surface area contributed by atoms with Gasteiger partial charge in [-0.1, -0.05) is 0 Å². The maximum absolute atomic E-state index is 11.7. The van der Waals surface area contributed by atoms with E-state index in [1.807, 2.05) is 0 Å². The van der Waals surface area contributed by atoms with Crippen molar-refractivity contribution in [3.8, 4) is 0 Å². The summed E-state index contributed by atoms with van der Waals surface area (Å²) in [5.41, 5.74) is 5.13. The Bertz CT molecular complexity index is 325. The lowest BCUT2D eigenvalue weighted by Gasteiger charge is -2.17. The largest absolute Gasteiger partial charge is 0.466 e. The van der Waals surface area contributed by atoms with Crippen molar-refractivity contribution in [3.05, 3.63) is 0 Å². The molecule has 1 saturated heterocycles. The van der Waals surface area contributed by atoms with Crippen molar-refractivity contribution in [1.29, 1.82) is 0 Å². The van der Waals surface area contributed by atoms with Gasteiger partial charge in [0.25, 0.3) is 0 Å². The number of hydrogen-bond donors (Lipinski definition) is 2. The molecule has 1 rings (SSSR count). The highest BCUT2D eigenvalue weighted by atomic mass is 16.5. The van der Waals surface area contributed by atoms with Gasteiger partial charge in [0.1, 0.15) is 12.1 Å². The minimum atomic E-state index is -1.05. The molecule has 2 amide bonds. The lowest BCUT2D eigenvalue weighted by atomic mass is 10.1. The molecule has 0 aromatic heterocycles. The zero-order valence-corrected chi connectivity index (χ0v) is 10.3. The SMILES string of the molecule is CCOC(=O)C[C@@H](NC(=O)[C@H]1CCCO1)C(N)=O. The fourth-order valence-electron chi connectivity index (χ4n) is 1.66. The van der Waals surface area contributed by atoms with Gasteiger partial charge < -0.3 is 20.5 Å². The Kier molecular flexibility index (Phi) is 5.57. The van der Waals surface area contributed by atoms with E-state index in [0.29, 0.717) is 13.0 Å². The highest BCUT2D eigenvalue weighted by Crippen LogP contribution is 2.12. The van der Waals surface area contributed by atoms with E-state index in [9.17, 15) is 14.4 Å². The molecule has 0 aromatic rings. The normalized spacial score (nSPS) is 20.2. The Morgan fingerprint density at radius 3 is 2.72 bits per heavy atom. The Hall–Kier alpha value is -1.63. The molecule has 7 nitrogen and oxygen atoms in total. The summed E-state index contributed by atoms with van der Waals surface area (Å²) >= 11 is 0. The first kappa shape index (κ1) is 14.4. The van der Waals surface area contributed by atoms with E-state index in [2.05, 4.69) is 5.32 Å². The first-order chi connectivity index (χ1) is 8.54. The summed E-state index contributed by atoms with van der Waals surface area (Å²) in [4.78, 5) is 34.1. The number of carbonyl (C=O) groups is 3. The lowest BCUT2D eigenvalue weighted by Crippen LogP contribution is -2.49. The molecule has 0 radical (unpaired) electrons. The van der Waals surface area contributed by atoms with Crippen LogP contribution < -0.4 is 11.1 Å². The monoisotopic (exact) mass is 258 g/mol. The van der Waals surface area contributed by atoms with Gasteiger partial charge in [-0.15, -0.1) is 0 Å². The first-order valence-corrected chi connectivity index (χ1v) is 5.91. The van der Waals surface area contributed by atoms with Gasteiger partial charge in [-0.2, -0.15) is 0 Å². The number of rotatable bonds is 6. The average molecular weight is 258 g/mol. The quantitative estimate of drug-likeness (QED) is 0.599. The highest BCUT2D eigenvalue weighted by Gasteiger charge is 2.28. The third-order valence-electron chi connectivity index (χ3n) is 2.56. The molecule has 0 unspecified atom stereocenters. The number of esters is 1. The van der Waals surface area contributed by atoms with Crippen molar-refractivity contribution in [3.63, 3.8) is 0 Å². The van der Waals surface area contributed by atoms with E-state index in [-0.39, 0.29) is 13.0 Å². The molecule has 18 heavy (non-hydrogen) atoms.